The molecule has 14 heavy (non-hydrogen) atoms. The Kier molecular flexibility index (Phi) is 2.39. The summed E-state index contributed by atoms with van der Waals surface area (Å²) in [7, 11) is 0. The van der Waals surface area contributed by atoms with Crippen LogP contribution in [0.4, 0.5) is 0 Å². The molecule has 80 valence electrons. The molecule has 4 atom stereocenters. The number of aliphatic hydroxyl groups is 1. The molecule has 2 aliphatic heterocycles. The van der Waals surface area contributed by atoms with Crippen LogP contribution in [0.5, 0.6) is 0 Å². The molecule has 0 bridgehead atoms. The van der Waals surface area contributed by atoms with Gasteiger partial charge in [-0.3, -0.25) is 0 Å². The van der Waals surface area contributed by atoms with E-state index in [0.29, 0.717) is 6.54 Å². The molecule has 4 nitrogen and oxygen atoms in total. The van der Waals surface area contributed by atoms with Crippen molar-refractivity contribution in [3.05, 3.63) is 12.7 Å². The monoisotopic (exact) mass is 199 g/mol. The van der Waals surface area contributed by atoms with Gasteiger partial charge in [-0.2, -0.15) is 0 Å². The highest BCUT2D eigenvalue weighted by Crippen LogP contribution is 2.33. The highest BCUT2D eigenvalue weighted by Gasteiger charge is 2.49. The Morgan fingerprint density at radius 2 is 2.07 bits per heavy atom. The molecular formula is C10H17NO3. The van der Waals surface area contributed by atoms with Crippen molar-refractivity contribution in [1.82, 2.24) is 5.32 Å². The molecule has 0 unspecified atom stereocenters. The minimum atomic E-state index is -0.608. The minimum Gasteiger partial charge on any atom is -0.389 e. The van der Waals surface area contributed by atoms with Gasteiger partial charge in [-0.15, -0.1) is 6.58 Å². The molecule has 2 aliphatic rings. The fourth-order valence-electron chi connectivity index (χ4n) is 2.10. The average Bonchev–Trinajstić information content (AvgIpc) is 2.42. The summed E-state index contributed by atoms with van der Waals surface area (Å²) in [5.74, 6) is -0.608. The van der Waals surface area contributed by atoms with Crippen LogP contribution >= 0.6 is 0 Å². The smallest absolute Gasteiger partial charge is 0.163 e. The Balaban J connectivity index is 2.17. The quantitative estimate of drug-likeness (QED) is 0.585. The average molecular weight is 199 g/mol. The van der Waals surface area contributed by atoms with Crippen molar-refractivity contribution in [2.24, 2.45) is 0 Å². The fourth-order valence-corrected chi connectivity index (χ4v) is 2.10. The standard InChI is InChI=1S/C10H17NO3/c1-4-6-8-9(7(12)5-11-6)14-10(2,3)13-8/h4,6-9,11-12H,1,5H2,2-3H3/t6-,7+,8-,9+/m0/s1. The van der Waals surface area contributed by atoms with Crippen molar-refractivity contribution in [3.8, 4) is 0 Å². The van der Waals surface area contributed by atoms with Crippen LogP contribution in [0, 0.1) is 0 Å². The number of ether oxygens (including phenoxy) is 2. The molecule has 2 rings (SSSR count). The van der Waals surface area contributed by atoms with Gasteiger partial charge in [-0.05, 0) is 13.8 Å². The van der Waals surface area contributed by atoms with Gasteiger partial charge in [-0.1, -0.05) is 6.08 Å². The molecule has 0 aromatic heterocycles. The van der Waals surface area contributed by atoms with E-state index in [2.05, 4.69) is 11.9 Å². The van der Waals surface area contributed by atoms with Crippen molar-refractivity contribution in [2.45, 2.75) is 44.0 Å². The van der Waals surface area contributed by atoms with E-state index in [0.717, 1.165) is 0 Å². The second-order valence-corrected chi connectivity index (χ2v) is 4.30. The summed E-state index contributed by atoms with van der Waals surface area (Å²) < 4.78 is 11.3. The zero-order valence-electron chi connectivity index (χ0n) is 8.56. The van der Waals surface area contributed by atoms with E-state index in [4.69, 9.17) is 9.47 Å². The normalized spacial score (nSPS) is 45.9. The molecule has 0 amide bonds. The lowest BCUT2D eigenvalue weighted by molar-refractivity contribution is -0.152. The molecule has 0 aromatic rings. The van der Waals surface area contributed by atoms with Gasteiger partial charge in [0, 0.05) is 6.54 Å². The number of fused-ring (bicyclic) bond motifs is 1. The fraction of sp³-hybridized carbons (Fsp3) is 0.800. The van der Waals surface area contributed by atoms with Gasteiger partial charge in [0.25, 0.3) is 0 Å². The largest absolute Gasteiger partial charge is 0.389 e. The van der Waals surface area contributed by atoms with Crippen molar-refractivity contribution in [3.63, 3.8) is 0 Å². The van der Waals surface area contributed by atoms with E-state index >= 15 is 0 Å². The predicted molar refractivity (Wildman–Crippen MR) is 51.8 cm³/mol. The molecule has 2 N–H and O–H groups in total. The van der Waals surface area contributed by atoms with Gasteiger partial charge < -0.3 is 19.9 Å². The maximum Gasteiger partial charge on any atom is 0.163 e. The molecule has 2 saturated heterocycles. The molecule has 0 aromatic carbocycles. The van der Waals surface area contributed by atoms with Crippen molar-refractivity contribution in [1.29, 1.82) is 0 Å². The van der Waals surface area contributed by atoms with Crippen molar-refractivity contribution < 1.29 is 14.6 Å². The first-order chi connectivity index (χ1) is 6.53. The third kappa shape index (κ3) is 1.59. The molecule has 4 heteroatoms. The number of β-amino-alcohol motifs (C(OH)–C–C–N with tert-alkyl or cyclic N) is 1. The van der Waals surface area contributed by atoms with E-state index in [1.165, 1.54) is 0 Å². The van der Waals surface area contributed by atoms with Crippen LogP contribution in [-0.4, -0.2) is 41.8 Å². The van der Waals surface area contributed by atoms with Crippen LogP contribution in [0.1, 0.15) is 13.8 Å². The molecular weight excluding hydrogens is 182 g/mol. The van der Waals surface area contributed by atoms with E-state index in [9.17, 15) is 5.11 Å². The van der Waals surface area contributed by atoms with Crippen LogP contribution in [0.25, 0.3) is 0 Å². The Labute approximate surface area is 83.9 Å². The first-order valence-corrected chi connectivity index (χ1v) is 4.93. The lowest BCUT2D eigenvalue weighted by Gasteiger charge is -2.33. The minimum absolute atomic E-state index is 0.0603. The number of aliphatic hydroxyl groups excluding tert-OH is 1. The third-order valence-electron chi connectivity index (χ3n) is 2.71. The highest BCUT2D eigenvalue weighted by atomic mass is 16.8. The van der Waals surface area contributed by atoms with Gasteiger partial charge in [0.05, 0.1) is 12.1 Å². The van der Waals surface area contributed by atoms with Crippen LogP contribution in [0.2, 0.25) is 0 Å². The summed E-state index contributed by atoms with van der Waals surface area (Å²) >= 11 is 0. The summed E-state index contributed by atoms with van der Waals surface area (Å²) in [5.41, 5.74) is 0. The summed E-state index contributed by atoms with van der Waals surface area (Å²) in [6, 6.07) is 0.0603. The molecule has 0 spiro atoms. The topological polar surface area (TPSA) is 50.7 Å². The number of nitrogens with one attached hydrogen (secondary N) is 1. The first kappa shape index (κ1) is 10.1. The number of rotatable bonds is 1. The zero-order chi connectivity index (χ0) is 10.3. The van der Waals surface area contributed by atoms with Gasteiger partial charge >= 0.3 is 0 Å². The van der Waals surface area contributed by atoms with E-state index in [-0.39, 0.29) is 18.2 Å². The Bertz CT molecular complexity index is 242. The molecule has 0 aliphatic carbocycles. The van der Waals surface area contributed by atoms with E-state index in [1.54, 1.807) is 6.08 Å². The first-order valence-electron chi connectivity index (χ1n) is 4.93. The number of piperidine rings is 1. The second-order valence-electron chi connectivity index (χ2n) is 4.30. The maximum atomic E-state index is 9.72. The Morgan fingerprint density at radius 1 is 1.43 bits per heavy atom. The van der Waals surface area contributed by atoms with Crippen molar-refractivity contribution >= 4 is 0 Å². The number of hydrogen-bond donors (Lipinski definition) is 2. The molecule has 2 fully saturated rings. The molecule has 0 radical (unpaired) electrons. The van der Waals surface area contributed by atoms with Gasteiger partial charge in [0.2, 0.25) is 0 Å². The number of hydrogen-bond acceptors (Lipinski definition) is 4. The Morgan fingerprint density at radius 3 is 2.71 bits per heavy atom. The lowest BCUT2D eigenvalue weighted by atomic mass is 9.96. The lowest BCUT2D eigenvalue weighted by Crippen LogP contribution is -2.57. The van der Waals surface area contributed by atoms with Gasteiger partial charge in [-0.25, -0.2) is 0 Å². The van der Waals surface area contributed by atoms with Crippen LogP contribution in [0.3, 0.4) is 0 Å². The SMILES string of the molecule is C=C[C@@H]1NC[C@@H](O)[C@H]2OC(C)(C)O[C@H]21. The second kappa shape index (κ2) is 3.31. The van der Waals surface area contributed by atoms with E-state index < -0.39 is 11.9 Å². The Hall–Kier alpha value is -0.420. The highest BCUT2D eigenvalue weighted by molar-refractivity contribution is 5.05. The maximum absolute atomic E-state index is 9.72. The predicted octanol–water partition coefficient (Wildman–Crippen LogP) is 0.0252. The molecule has 2 heterocycles. The summed E-state index contributed by atoms with van der Waals surface area (Å²) in [6.45, 7) is 7.98. The van der Waals surface area contributed by atoms with E-state index in [1.807, 2.05) is 13.8 Å². The van der Waals surface area contributed by atoms with Crippen LogP contribution < -0.4 is 5.32 Å². The van der Waals surface area contributed by atoms with Crippen LogP contribution in [0.15, 0.2) is 12.7 Å². The van der Waals surface area contributed by atoms with Crippen LogP contribution in [-0.2, 0) is 9.47 Å². The zero-order valence-corrected chi connectivity index (χ0v) is 8.56. The summed E-state index contributed by atoms with van der Waals surface area (Å²) in [5, 5.41) is 12.9. The third-order valence-corrected chi connectivity index (χ3v) is 2.71. The summed E-state index contributed by atoms with van der Waals surface area (Å²) in [4.78, 5) is 0. The molecule has 0 saturated carbocycles. The van der Waals surface area contributed by atoms with Gasteiger partial charge in [0.1, 0.15) is 12.2 Å². The van der Waals surface area contributed by atoms with Gasteiger partial charge in [0.15, 0.2) is 5.79 Å². The summed E-state index contributed by atoms with van der Waals surface area (Å²) in [6.07, 6.45) is 0.923. The van der Waals surface area contributed by atoms with Crippen molar-refractivity contribution in [2.75, 3.05) is 6.54 Å².